The van der Waals surface area contributed by atoms with Gasteiger partial charge in [-0.15, -0.1) is 0 Å². The van der Waals surface area contributed by atoms with Gasteiger partial charge in [0.15, 0.2) is 11.5 Å². The highest BCUT2D eigenvalue weighted by Crippen LogP contribution is 2.51. The minimum Gasteiger partial charge on any atom is -0.497 e. The number of aliphatic hydroxyl groups is 1. The van der Waals surface area contributed by atoms with E-state index in [1.165, 1.54) is 0 Å². The van der Waals surface area contributed by atoms with Crippen molar-refractivity contribution in [2.45, 2.75) is 43.7 Å². The summed E-state index contributed by atoms with van der Waals surface area (Å²) in [7, 11) is 6.38. The maximum Gasteiger partial charge on any atom is 0.238 e. The van der Waals surface area contributed by atoms with Gasteiger partial charge in [0.05, 0.1) is 40.6 Å². The van der Waals surface area contributed by atoms with Crippen molar-refractivity contribution in [1.29, 1.82) is 0 Å². The van der Waals surface area contributed by atoms with Gasteiger partial charge in [-0.3, -0.25) is 9.69 Å². The molecule has 35 heavy (non-hydrogen) atoms. The third kappa shape index (κ3) is 5.18. The second-order valence-electron chi connectivity index (χ2n) is 9.36. The van der Waals surface area contributed by atoms with Crippen LogP contribution in [0.15, 0.2) is 36.4 Å². The molecule has 0 bridgehead atoms. The fourth-order valence-corrected chi connectivity index (χ4v) is 5.69. The molecule has 0 radical (unpaired) electrons. The molecule has 0 aromatic heterocycles. The molecule has 1 saturated heterocycles. The molecule has 1 aliphatic heterocycles. The Hall–Kier alpha value is -2.97. The van der Waals surface area contributed by atoms with E-state index in [9.17, 15) is 9.90 Å². The first-order valence-electron chi connectivity index (χ1n) is 12.1. The van der Waals surface area contributed by atoms with Crippen molar-refractivity contribution in [1.82, 2.24) is 4.90 Å². The summed E-state index contributed by atoms with van der Waals surface area (Å²) in [6.07, 6.45) is 4.40. The van der Waals surface area contributed by atoms with Gasteiger partial charge in [0.2, 0.25) is 11.7 Å². The first-order chi connectivity index (χ1) is 16.9. The zero-order valence-electron chi connectivity index (χ0n) is 21.0. The first kappa shape index (κ1) is 25.1. The zero-order chi connectivity index (χ0) is 25.0. The minimum atomic E-state index is -0.744. The smallest absolute Gasteiger partial charge is 0.238 e. The van der Waals surface area contributed by atoms with E-state index in [2.05, 4.69) is 10.2 Å². The quantitative estimate of drug-likeness (QED) is 0.585. The van der Waals surface area contributed by atoms with Crippen LogP contribution in [0.4, 0.5) is 5.69 Å². The third-order valence-electron chi connectivity index (χ3n) is 7.42. The van der Waals surface area contributed by atoms with Crippen LogP contribution in [-0.4, -0.2) is 63.0 Å². The SMILES string of the molecule is COc1ccc(NC(=O)CN2CC[C@@]3(O)CCCC[C@@H]3[C@@H]2c2cc(OC)c(OC)c(OC)c2)cc1. The molecule has 1 aliphatic carbocycles. The summed E-state index contributed by atoms with van der Waals surface area (Å²) in [6.45, 7) is 0.824. The van der Waals surface area contributed by atoms with Crippen LogP contribution in [0.3, 0.4) is 0 Å². The molecule has 0 spiro atoms. The van der Waals surface area contributed by atoms with Crippen LogP contribution >= 0.6 is 0 Å². The van der Waals surface area contributed by atoms with Crippen LogP contribution in [0.1, 0.15) is 43.7 Å². The van der Waals surface area contributed by atoms with Gasteiger partial charge in [0.1, 0.15) is 5.75 Å². The van der Waals surface area contributed by atoms with E-state index in [0.717, 1.165) is 37.0 Å². The molecule has 2 aliphatic rings. The number of carbonyl (C=O) groups is 1. The van der Waals surface area contributed by atoms with Crippen molar-refractivity contribution in [2.75, 3.05) is 46.8 Å². The van der Waals surface area contributed by atoms with Crippen molar-refractivity contribution < 1.29 is 28.8 Å². The number of nitrogens with zero attached hydrogens (tertiary/aromatic N) is 1. The van der Waals surface area contributed by atoms with Crippen LogP contribution in [0.5, 0.6) is 23.0 Å². The number of hydrogen-bond donors (Lipinski definition) is 2. The maximum absolute atomic E-state index is 13.1. The second-order valence-corrected chi connectivity index (χ2v) is 9.36. The molecule has 2 fully saturated rings. The van der Waals surface area contributed by atoms with Gasteiger partial charge in [0.25, 0.3) is 0 Å². The largest absolute Gasteiger partial charge is 0.497 e. The Morgan fingerprint density at radius 2 is 1.69 bits per heavy atom. The molecule has 1 saturated carbocycles. The fourth-order valence-electron chi connectivity index (χ4n) is 5.69. The zero-order valence-corrected chi connectivity index (χ0v) is 21.0. The van der Waals surface area contributed by atoms with Gasteiger partial charge in [-0.25, -0.2) is 0 Å². The van der Waals surface area contributed by atoms with E-state index >= 15 is 0 Å². The molecule has 2 aromatic rings. The molecule has 8 heteroatoms. The highest BCUT2D eigenvalue weighted by atomic mass is 16.5. The topological polar surface area (TPSA) is 89.5 Å². The number of anilines is 1. The Labute approximate surface area is 207 Å². The Morgan fingerprint density at radius 3 is 2.29 bits per heavy atom. The number of hydrogen-bond acceptors (Lipinski definition) is 7. The molecule has 1 heterocycles. The van der Waals surface area contributed by atoms with Crippen LogP contribution in [-0.2, 0) is 4.79 Å². The van der Waals surface area contributed by atoms with Crippen LogP contribution in [0.25, 0.3) is 0 Å². The van der Waals surface area contributed by atoms with Gasteiger partial charge in [-0.1, -0.05) is 12.8 Å². The van der Waals surface area contributed by atoms with Gasteiger partial charge < -0.3 is 29.4 Å². The van der Waals surface area contributed by atoms with E-state index in [-0.39, 0.29) is 24.4 Å². The van der Waals surface area contributed by atoms with E-state index in [0.29, 0.717) is 35.9 Å². The third-order valence-corrected chi connectivity index (χ3v) is 7.42. The average molecular weight is 485 g/mol. The normalized spacial score (nSPS) is 24.3. The van der Waals surface area contributed by atoms with E-state index < -0.39 is 5.60 Å². The maximum atomic E-state index is 13.1. The molecule has 3 atom stereocenters. The number of nitrogens with one attached hydrogen (secondary N) is 1. The number of piperidine rings is 1. The summed E-state index contributed by atoms with van der Waals surface area (Å²) in [5, 5.41) is 14.6. The predicted molar refractivity (Wildman–Crippen MR) is 134 cm³/mol. The Morgan fingerprint density at radius 1 is 1.00 bits per heavy atom. The van der Waals surface area contributed by atoms with Crippen molar-refractivity contribution in [3.05, 3.63) is 42.0 Å². The summed E-state index contributed by atoms with van der Waals surface area (Å²) in [5.74, 6) is 2.29. The van der Waals surface area contributed by atoms with Crippen molar-refractivity contribution in [3.63, 3.8) is 0 Å². The van der Waals surface area contributed by atoms with E-state index in [4.69, 9.17) is 18.9 Å². The van der Waals surface area contributed by atoms with Crippen molar-refractivity contribution >= 4 is 11.6 Å². The number of amides is 1. The molecule has 2 N–H and O–H groups in total. The standard InChI is InChI=1S/C27H36N2O6/c1-32-20-10-8-19(9-11-20)28-24(30)17-29-14-13-27(31)12-6-5-7-21(27)25(29)18-15-22(33-2)26(35-4)23(16-18)34-3/h8-11,15-16,21,25,31H,5-7,12-14,17H2,1-4H3,(H,28,30)/t21-,25+,27+/m1/s1. The van der Waals surface area contributed by atoms with Gasteiger partial charge in [0, 0.05) is 24.2 Å². The highest BCUT2D eigenvalue weighted by Gasteiger charge is 2.49. The average Bonchev–Trinajstić information content (AvgIpc) is 2.88. The molecule has 190 valence electrons. The lowest BCUT2D eigenvalue weighted by Crippen LogP contribution is -2.56. The number of ether oxygens (including phenoxy) is 4. The Bertz CT molecular complexity index is 1000. The highest BCUT2D eigenvalue weighted by molar-refractivity contribution is 5.92. The van der Waals surface area contributed by atoms with Crippen molar-refractivity contribution in [3.8, 4) is 23.0 Å². The van der Waals surface area contributed by atoms with Gasteiger partial charge >= 0.3 is 0 Å². The minimum absolute atomic E-state index is 0.00148. The van der Waals surface area contributed by atoms with Crippen LogP contribution < -0.4 is 24.3 Å². The monoisotopic (exact) mass is 484 g/mol. The molecule has 8 nitrogen and oxygen atoms in total. The Balaban J connectivity index is 1.65. The number of fused-ring (bicyclic) bond motifs is 1. The molecular formula is C27H36N2O6. The number of likely N-dealkylation sites (tertiary alicyclic amines) is 1. The number of rotatable bonds is 8. The summed E-state index contributed by atoms with van der Waals surface area (Å²) in [5.41, 5.74) is 0.916. The summed E-state index contributed by atoms with van der Waals surface area (Å²) in [4.78, 5) is 15.3. The fraction of sp³-hybridized carbons (Fsp3) is 0.519. The van der Waals surface area contributed by atoms with Gasteiger partial charge in [-0.2, -0.15) is 0 Å². The number of benzene rings is 2. The van der Waals surface area contributed by atoms with Crippen LogP contribution in [0.2, 0.25) is 0 Å². The van der Waals surface area contributed by atoms with E-state index in [1.807, 2.05) is 36.4 Å². The molecule has 2 aromatic carbocycles. The lowest BCUT2D eigenvalue weighted by atomic mass is 9.66. The predicted octanol–water partition coefficient (Wildman–Crippen LogP) is 4.03. The summed E-state index contributed by atoms with van der Waals surface area (Å²) < 4.78 is 21.9. The van der Waals surface area contributed by atoms with Crippen LogP contribution in [0, 0.1) is 5.92 Å². The van der Waals surface area contributed by atoms with E-state index in [1.54, 1.807) is 28.4 Å². The number of carbonyl (C=O) groups excluding carboxylic acids is 1. The van der Waals surface area contributed by atoms with Crippen molar-refractivity contribution in [2.24, 2.45) is 5.92 Å². The molecular weight excluding hydrogens is 448 g/mol. The lowest BCUT2D eigenvalue weighted by Gasteiger charge is -2.52. The summed E-state index contributed by atoms with van der Waals surface area (Å²) >= 11 is 0. The summed E-state index contributed by atoms with van der Waals surface area (Å²) in [6, 6.07) is 11.0. The van der Waals surface area contributed by atoms with Gasteiger partial charge in [-0.05, 0) is 61.2 Å². The lowest BCUT2D eigenvalue weighted by molar-refractivity contribution is -0.135. The molecule has 0 unspecified atom stereocenters. The number of methoxy groups -OCH3 is 4. The molecule has 4 rings (SSSR count). The second kappa shape index (κ2) is 10.7. The Kier molecular flexibility index (Phi) is 7.72. The molecule has 1 amide bonds. The first-order valence-corrected chi connectivity index (χ1v) is 12.1.